The number of carbonyl (C=O) groups excluding carboxylic acids is 1. The molecule has 0 aliphatic carbocycles. The van der Waals surface area contributed by atoms with Gasteiger partial charge in [0, 0.05) is 17.9 Å². The Labute approximate surface area is 125 Å². The van der Waals surface area contributed by atoms with E-state index < -0.39 is 16.9 Å². The van der Waals surface area contributed by atoms with Gasteiger partial charge in [-0.25, -0.2) is 4.79 Å². The maximum atomic E-state index is 12.3. The molecule has 1 fully saturated rings. The summed E-state index contributed by atoms with van der Waals surface area (Å²) in [6.45, 7) is 1.78. The second-order valence-corrected chi connectivity index (χ2v) is 6.04. The highest BCUT2D eigenvalue weighted by atomic mass is 32.2. The molecule has 0 aromatic heterocycles. The minimum absolute atomic E-state index is 0.0453. The van der Waals surface area contributed by atoms with Gasteiger partial charge < -0.3 is 10.0 Å². The van der Waals surface area contributed by atoms with Crippen LogP contribution in [0.3, 0.4) is 0 Å². The fourth-order valence-electron chi connectivity index (χ4n) is 2.26. The number of amides is 1. The lowest BCUT2D eigenvalue weighted by Gasteiger charge is -2.25. The number of carbonyl (C=O) groups is 2. The summed E-state index contributed by atoms with van der Waals surface area (Å²) in [6.07, 6.45) is -0.0453. The van der Waals surface area contributed by atoms with Gasteiger partial charge in [-0.1, -0.05) is 12.1 Å². The zero-order valence-corrected chi connectivity index (χ0v) is 12.1. The number of hydrogen-bond acceptors (Lipinski definition) is 5. The Balaban J connectivity index is 2.15. The smallest absolute Gasteiger partial charge is 0.327 e. The van der Waals surface area contributed by atoms with Gasteiger partial charge in [0.15, 0.2) is 0 Å². The van der Waals surface area contributed by atoms with Crippen LogP contribution in [0, 0.1) is 10.1 Å². The average molecular weight is 310 g/mol. The lowest BCUT2D eigenvalue weighted by Crippen LogP contribution is -2.45. The fourth-order valence-corrected chi connectivity index (χ4v) is 3.45. The highest BCUT2D eigenvalue weighted by Gasteiger charge is 2.39. The number of nitro benzene ring substituents is 1. The standard InChI is InChI=1S/C13H14N2O5S/c1-8-14(11(7-21-8)13(17)18)12(16)6-9-3-2-4-10(5-9)15(19)20/h2-5,8,11H,6-7H2,1H3,(H,17,18). The minimum atomic E-state index is -1.03. The van der Waals surface area contributed by atoms with Gasteiger partial charge >= 0.3 is 5.97 Å². The second kappa shape index (κ2) is 6.13. The van der Waals surface area contributed by atoms with Crippen molar-refractivity contribution in [2.24, 2.45) is 0 Å². The van der Waals surface area contributed by atoms with Gasteiger partial charge in [-0.2, -0.15) is 0 Å². The largest absolute Gasteiger partial charge is 0.480 e. The van der Waals surface area contributed by atoms with E-state index in [0.717, 1.165) is 0 Å². The van der Waals surface area contributed by atoms with Crippen LogP contribution in [0.5, 0.6) is 0 Å². The highest BCUT2D eigenvalue weighted by Crippen LogP contribution is 2.29. The molecule has 112 valence electrons. The monoisotopic (exact) mass is 310 g/mol. The van der Waals surface area contributed by atoms with Crippen molar-refractivity contribution < 1.29 is 19.6 Å². The summed E-state index contributed by atoms with van der Waals surface area (Å²) in [6, 6.07) is 4.98. The van der Waals surface area contributed by atoms with E-state index in [1.54, 1.807) is 13.0 Å². The third kappa shape index (κ3) is 3.33. The Morgan fingerprint density at radius 2 is 2.24 bits per heavy atom. The first-order chi connectivity index (χ1) is 9.90. The Morgan fingerprint density at radius 3 is 2.86 bits per heavy atom. The first-order valence-electron chi connectivity index (χ1n) is 6.29. The first-order valence-corrected chi connectivity index (χ1v) is 7.34. The normalized spacial score (nSPS) is 21.3. The van der Waals surface area contributed by atoms with Gasteiger partial charge in [0.1, 0.15) is 6.04 Å². The van der Waals surface area contributed by atoms with Gasteiger partial charge in [-0.3, -0.25) is 14.9 Å². The van der Waals surface area contributed by atoms with Crippen molar-refractivity contribution in [3.63, 3.8) is 0 Å². The molecule has 2 rings (SSSR count). The quantitative estimate of drug-likeness (QED) is 0.668. The van der Waals surface area contributed by atoms with Gasteiger partial charge in [-0.15, -0.1) is 11.8 Å². The van der Waals surface area contributed by atoms with Gasteiger partial charge in [0.05, 0.1) is 16.7 Å². The molecule has 1 saturated heterocycles. The lowest BCUT2D eigenvalue weighted by molar-refractivity contribution is -0.384. The molecule has 1 aliphatic rings. The average Bonchev–Trinajstić information content (AvgIpc) is 2.81. The molecule has 1 aliphatic heterocycles. The van der Waals surface area contributed by atoms with E-state index in [1.807, 2.05) is 0 Å². The zero-order valence-electron chi connectivity index (χ0n) is 11.3. The number of benzene rings is 1. The molecule has 0 saturated carbocycles. The number of aliphatic carboxylic acids is 1. The minimum Gasteiger partial charge on any atom is -0.480 e. The van der Waals surface area contributed by atoms with E-state index in [2.05, 4.69) is 0 Å². The van der Waals surface area contributed by atoms with Gasteiger partial charge in [0.25, 0.3) is 5.69 Å². The zero-order chi connectivity index (χ0) is 15.6. The summed E-state index contributed by atoms with van der Waals surface area (Å²) >= 11 is 1.40. The van der Waals surface area contributed by atoms with Crippen LogP contribution in [-0.4, -0.2) is 44.0 Å². The fraction of sp³-hybridized carbons (Fsp3) is 0.385. The van der Waals surface area contributed by atoms with Crippen molar-refractivity contribution in [3.05, 3.63) is 39.9 Å². The third-order valence-electron chi connectivity index (χ3n) is 3.27. The number of nitro groups is 1. The molecular weight excluding hydrogens is 296 g/mol. The van der Waals surface area contributed by atoms with Crippen LogP contribution >= 0.6 is 11.8 Å². The van der Waals surface area contributed by atoms with Crippen molar-refractivity contribution in [2.75, 3.05) is 5.75 Å². The van der Waals surface area contributed by atoms with E-state index in [1.165, 1.54) is 34.9 Å². The Bertz CT molecular complexity index is 592. The number of carboxylic acids is 1. The summed E-state index contributed by atoms with van der Waals surface area (Å²) in [4.78, 5) is 35.0. The molecule has 1 amide bonds. The van der Waals surface area contributed by atoms with Crippen LogP contribution in [0.4, 0.5) is 5.69 Å². The topological polar surface area (TPSA) is 101 Å². The van der Waals surface area contributed by atoms with Gasteiger partial charge in [-0.05, 0) is 12.5 Å². The summed E-state index contributed by atoms with van der Waals surface area (Å²) in [5.74, 6) is -1.00. The molecule has 2 unspecified atom stereocenters. The van der Waals surface area contributed by atoms with Crippen LogP contribution in [0.25, 0.3) is 0 Å². The molecule has 21 heavy (non-hydrogen) atoms. The molecule has 1 N–H and O–H groups in total. The van der Waals surface area contributed by atoms with Crippen molar-refractivity contribution >= 4 is 29.3 Å². The van der Waals surface area contributed by atoms with Crippen LogP contribution in [-0.2, 0) is 16.0 Å². The predicted octanol–water partition coefficient (Wildman–Crippen LogP) is 1.51. The first kappa shape index (κ1) is 15.3. The molecule has 7 nitrogen and oxygen atoms in total. The Kier molecular flexibility index (Phi) is 4.46. The number of thioether (sulfide) groups is 1. The molecule has 1 aromatic carbocycles. The highest BCUT2D eigenvalue weighted by molar-refractivity contribution is 8.00. The van der Waals surface area contributed by atoms with Crippen molar-refractivity contribution in [1.29, 1.82) is 0 Å². The van der Waals surface area contributed by atoms with Crippen LogP contribution in [0.2, 0.25) is 0 Å². The number of carboxylic acid groups (broad SMARTS) is 1. The molecule has 8 heteroatoms. The van der Waals surface area contributed by atoms with E-state index >= 15 is 0 Å². The molecule has 0 bridgehead atoms. The molecule has 0 spiro atoms. The second-order valence-electron chi connectivity index (χ2n) is 4.69. The number of non-ortho nitro benzene ring substituents is 1. The van der Waals surface area contributed by atoms with Crippen LogP contribution in [0.1, 0.15) is 12.5 Å². The number of nitrogens with zero attached hydrogens (tertiary/aromatic N) is 2. The summed E-state index contributed by atoms with van der Waals surface area (Å²) in [5.41, 5.74) is 0.418. The molecular formula is C13H14N2O5S. The molecule has 1 aromatic rings. The summed E-state index contributed by atoms with van der Waals surface area (Å²) in [5, 5.41) is 19.6. The Morgan fingerprint density at radius 1 is 1.52 bits per heavy atom. The lowest BCUT2D eigenvalue weighted by atomic mass is 10.1. The van der Waals surface area contributed by atoms with Crippen molar-refractivity contribution in [2.45, 2.75) is 24.8 Å². The Hall–Kier alpha value is -2.09. The van der Waals surface area contributed by atoms with E-state index in [4.69, 9.17) is 5.11 Å². The summed E-state index contributed by atoms with van der Waals surface area (Å²) in [7, 11) is 0. The molecule has 1 heterocycles. The maximum Gasteiger partial charge on any atom is 0.327 e. The number of hydrogen-bond donors (Lipinski definition) is 1. The van der Waals surface area contributed by atoms with E-state index in [9.17, 15) is 19.7 Å². The third-order valence-corrected chi connectivity index (χ3v) is 4.49. The number of rotatable bonds is 4. The SMILES string of the molecule is CC1SCC(C(=O)O)N1C(=O)Cc1cccc([N+](=O)[O-])c1. The predicted molar refractivity (Wildman–Crippen MR) is 77.0 cm³/mol. The summed E-state index contributed by atoms with van der Waals surface area (Å²) < 4.78 is 0. The molecule has 2 atom stereocenters. The van der Waals surface area contributed by atoms with Crippen molar-refractivity contribution in [1.82, 2.24) is 4.90 Å². The van der Waals surface area contributed by atoms with Crippen molar-refractivity contribution in [3.8, 4) is 0 Å². The van der Waals surface area contributed by atoms with E-state index in [0.29, 0.717) is 11.3 Å². The van der Waals surface area contributed by atoms with Gasteiger partial charge in [0.2, 0.25) is 5.91 Å². The molecule has 0 radical (unpaired) electrons. The maximum absolute atomic E-state index is 12.3. The van der Waals surface area contributed by atoms with Crippen LogP contribution < -0.4 is 0 Å². The van der Waals surface area contributed by atoms with E-state index in [-0.39, 0.29) is 23.4 Å². The van der Waals surface area contributed by atoms with Crippen LogP contribution in [0.15, 0.2) is 24.3 Å².